The lowest BCUT2D eigenvalue weighted by Gasteiger charge is -2.30. The molecule has 18 nitrogen and oxygen atoms in total. The van der Waals surface area contributed by atoms with Crippen LogP contribution in [0.1, 0.15) is 53.9 Å². The fraction of sp³-hybridized carbons (Fsp3) is 0.564. The molecule has 0 bridgehead atoms. The third kappa shape index (κ3) is 12.8. The van der Waals surface area contributed by atoms with Gasteiger partial charge in [0.25, 0.3) is 5.91 Å². The van der Waals surface area contributed by atoms with Crippen molar-refractivity contribution >= 4 is 57.1 Å². The minimum atomic E-state index is -2.21. The number of nitrogens with one attached hydrogen (secondary N) is 5. The van der Waals surface area contributed by atoms with Crippen LogP contribution >= 0.6 is 0 Å². The lowest BCUT2D eigenvalue weighted by molar-refractivity contribution is -0.151. The van der Waals surface area contributed by atoms with Crippen molar-refractivity contribution in [3.05, 3.63) is 42.5 Å². The van der Waals surface area contributed by atoms with Crippen LogP contribution in [0, 0.1) is 11.8 Å². The van der Waals surface area contributed by atoms with Crippen LogP contribution in [0.5, 0.6) is 0 Å². The normalized spacial score (nSPS) is 15.8. The van der Waals surface area contributed by atoms with Crippen LogP contribution < -0.4 is 38.1 Å². The molecule has 18 heteroatoms. The number of fused-ring (bicyclic) bond motifs is 3. The minimum Gasteiger partial charge on any atom is -0.394 e. The monoisotopic (exact) mass is 799 g/mol. The average molecular weight is 800 g/mol. The van der Waals surface area contributed by atoms with Crippen molar-refractivity contribution in [3.63, 3.8) is 0 Å². The number of guanidine groups is 1. The molecule has 1 heterocycles. The Morgan fingerprint density at radius 1 is 0.842 bits per heavy atom. The highest BCUT2D eigenvalue weighted by Crippen LogP contribution is 2.31. The molecule has 2 aromatic carbocycles. The van der Waals surface area contributed by atoms with Gasteiger partial charge in [-0.15, -0.1) is 0 Å². The highest BCUT2D eigenvalue weighted by Gasteiger charge is 2.37. The molecule has 3 rings (SSSR count). The summed E-state index contributed by atoms with van der Waals surface area (Å²) in [6, 6.07) is 11.1. The molecule has 0 spiro atoms. The number of hydrogen-bond donors (Lipinski definition) is 12. The Bertz CT molecular complexity index is 1830. The van der Waals surface area contributed by atoms with Crippen molar-refractivity contribution in [1.82, 2.24) is 25.8 Å². The van der Waals surface area contributed by atoms with Gasteiger partial charge in [-0.25, -0.2) is 0 Å². The van der Waals surface area contributed by atoms with Crippen LogP contribution in [0.3, 0.4) is 0 Å². The first-order chi connectivity index (χ1) is 27.0. The van der Waals surface area contributed by atoms with Gasteiger partial charge in [-0.1, -0.05) is 52.3 Å². The van der Waals surface area contributed by atoms with Crippen LogP contribution in [0.2, 0.25) is 0 Å². The predicted octanol–water partition coefficient (Wildman–Crippen LogP) is -1.01. The van der Waals surface area contributed by atoms with E-state index in [9.17, 15) is 39.6 Å². The number of benzene rings is 2. The fourth-order valence-corrected chi connectivity index (χ4v) is 6.40. The van der Waals surface area contributed by atoms with E-state index in [1.54, 1.807) is 13.8 Å². The lowest BCUT2D eigenvalue weighted by Crippen LogP contribution is -2.59. The molecule has 0 aliphatic rings. The van der Waals surface area contributed by atoms with Crippen LogP contribution in [0.4, 0.5) is 5.69 Å². The Kier molecular flexibility index (Phi) is 18.1. The van der Waals surface area contributed by atoms with Gasteiger partial charge in [-0.2, -0.15) is 0 Å². The first kappa shape index (κ1) is 46.5. The molecule has 0 saturated heterocycles. The van der Waals surface area contributed by atoms with Gasteiger partial charge in [-0.3, -0.25) is 24.2 Å². The number of aromatic nitrogens is 1. The van der Waals surface area contributed by atoms with Crippen molar-refractivity contribution in [3.8, 4) is 0 Å². The first-order valence-electron chi connectivity index (χ1n) is 19.4. The number of anilines is 1. The Morgan fingerprint density at radius 3 is 2.16 bits per heavy atom. The van der Waals surface area contributed by atoms with E-state index < -0.39 is 78.7 Å². The number of nitrogens with two attached hydrogens (primary N) is 2. The molecule has 3 aromatic rings. The highest BCUT2D eigenvalue weighted by molar-refractivity contribution is 6.10. The smallest absolute Gasteiger partial charge is 0.252 e. The maximum Gasteiger partial charge on any atom is 0.252 e. The maximum atomic E-state index is 13.6. The maximum absolute atomic E-state index is 13.6. The molecule has 14 N–H and O–H groups in total. The minimum absolute atomic E-state index is 0.0837. The van der Waals surface area contributed by atoms with E-state index >= 15 is 0 Å². The third-order valence-corrected chi connectivity index (χ3v) is 10.1. The first-order valence-corrected chi connectivity index (χ1v) is 19.4. The second-order valence-electron chi connectivity index (χ2n) is 14.6. The largest absolute Gasteiger partial charge is 0.394 e. The summed E-state index contributed by atoms with van der Waals surface area (Å²) in [5.74, 6) is -3.30. The Balaban J connectivity index is 1.66. The van der Waals surface area contributed by atoms with Gasteiger partial charge in [0.15, 0.2) is 12.1 Å². The van der Waals surface area contributed by atoms with E-state index in [4.69, 9.17) is 16.6 Å². The second-order valence-corrected chi connectivity index (χ2v) is 14.6. The van der Waals surface area contributed by atoms with E-state index in [1.165, 1.54) is 0 Å². The van der Waals surface area contributed by atoms with Crippen molar-refractivity contribution in [1.29, 1.82) is 0 Å². The molecule has 0 radical (unpaired) electrons. The van der Waals surface area contributed by atoms with Crippen LogP contribution in [-0.2, 0) is 25.7 Å². The number of amides is 4. The van der Waals surface area contributed by atoms with E-state index in [2.05, 4.69) is 49.1 Å². The summed E-state index contributed by atoms with van der Waals surface area (Å²) in [6.07, 6.45) is -7.08. The molecular weight excluding hydrogens is 738 g/mol. The number of rotatable bonds is 23. The molecule has 1 aromatic heterocycles. The van der Waals surface area contributed by atoms with Gasteiger partial charge < -0.3 is 68.2 Å². The zero-order chi connectivity index (χ0) is 42.4. The fourth-order valence-electron chi connectivity index (χ4n) is 6.40. The predicted molar refractivity (Wildman–Crippen MR) is 218 cm³/mol. The third-order valence-electron chi connectivity index (χ3n) is 10.1. The standard InChI is InChI=1S/C39H61N9O9/c1-6-22(5)32(47-38(57)35(54)34(53)33(52)30(50)20-49)37(56)46-27(21(3)4)18-42-19-31(51)45-26(12-10-16-43-39(40)41)36(55)44-23-14-15-29-25(17-23)24-11-8-9-13-28(24)48(29)7-2/h8-9,11,13-15,17,21-22,26-27,30,32-35,42,49-50,52-54H,6-7,10,12,16,18-20H2,1-5H3,(H,44,55)(H,45,51)(H,46,56)(H,47,57)(H4,40,41,43)/t22-,26-,27+,30?,32-,33?,34?,35?/m0/s1. The summed E-state index contributed by atoms with van der Waals surface area (Å²) < 4.78 is 2.20. The van der Waals surface area contributed by atoms with E-state index in [-0.39, 0.29) is 37.9 Å². The number of para-hydroxylation sites is 1. The Hall–Kier alpha value is -4.85. The number of aliphatic hydroxyl groups is 5. The SMILES string of the molecule is CC[C@H](C)[C@H](NC(=O)C(O)C(O)C(O)C(O)CO)C(=O)N[C@H](CNCC(=O)N[C@@H](CCCN=C(N)N)C(=O)Nc1ccc2c(c1)c1ccccc1n2CC)C(C)C. The van der Waals surface area contributed by atoms with E-state index in [1.807, 2.05) is 50.2 Å². The number of aryl methyl sites for hydroxylation is 1. The molecule has 0 saturated carbocycles. The molecule has 0 aliphatic heterocycles. The van der Waals surface area contributed by atoms with Gasteiger partial charge >= 0.3 is 0 Å². The molecule has 316 valence electrons. The summed E-state index contributed by atoms with van der Waals surface area (Å²) in [6.45, 7) is 9.33. The van der Waals surface area contributed by atoms with Crippen molar-refractivity contribution < 1.29 is 44.7 Å². The summed E-state index contributed by atoms with van der Waals surface area (Å²) >= 11 is 0. The molecular formula is C39H61N9O9. The van der Waals surface area contributed by atoms with Crippen molar-refractivity contribution in [2.24, 2.45) is 28.3 Å². The number of nitrogens with zero attached hydrogens (tertiary/aromatic N) is 2. The zero-order valence-corrected chi connectivity index (χ0v) is 33.3. The number of aliphatic hydroxyl groups excluding tert-OH is 5. The number of hydrogen-bond acceptors (Lipinski definition) is 11. The highest BCUT2D eigenvalue weighted by atomic mass is 16.4. The molecule has 4 unspecified atom stereocenters. The summed E-state index contributed by atoms with van der Waals surface area (Å²) in [5, 5.41) is 65.1. The van der Waals surface area contributed by atoms with E-state index in [0.717, 1.165) is 28.4 Å². The average Bonchev–Trinajstić information content (AvgIpc) is 3.51. The van der Waals surface area contributed by atoms with Crippen LogP contribution in [0.25, 0.3) is 21.8 Å². The quantitative estimate of drug-likeness (QED) is 0.0312. The van der Waals surface area contributed by atoms with Crippen LogP contribution in [0.15, 0.2) is 47.5 Å². The number of carbonyl (C=O) groups excluding carboxylic acids is 4. The molecule has 4 amide bonds. The summed E-state index contributed by atoms with van der Waals surface area (Å²) in [5.41, 5.74) is 13.6. The zero-order valence-electron chi connectivity index (χ0n) is 33.3. The lowest BCUT2D eigenvalue weighted by atomic mass is 9.95. The van der Waals surface area contributed by atoms with Gasteiger partial charge in [0.1, 0.15) is 30.4 Å². The van der Waals surface area contributed by atoms with E-state index in [0.29, 0.717) is 18.5 Å². The molecule has 0 aliphatic carbocycles. The van der Waals surface area contributed by atoms with Gasteiger partial charge in [-0.05, 0) is 55.9 Å². The van der Waals surface area contributed by atoms with Gasteiger partial charge in [0, 0.05) is 53.2 Å². The molecule has 57 heavy (non-hydrogen) atoms. The van der Waals surface area contributed by atoms with Crippen LogP contribution in [-0.4, -0.2) is 128 Å². The van der Waals surface area contributed by atoms with Crippen molar-refractivity contribution in [2.45, 2.75) is 103 Å². The topological polar surface area (TPSA) is 299 Å². The van der Waals surface area contributed by atoms with Crippen molar-refractivity contribution in [2.75, 3.05) is 31.6 Å². The second kappa shape index (κ2) is 22.2. The Morgan fingerprint density at radius 2 is 1.53 bits per heavy atom. The van der Waals surface area contributed by atoms with Gasteiger partial charge in [0.05, 0.1) is 13.2 Å². The molecule has 8 atom stereocenters. The summed E-state index contributed by atoms with van der Waals surface area (Å²) in [4.78, 5) is 57.1. The van der Waals surface area contributed by atoms with Gasteiger partial charge in [0.2, 0.25) is 17.7 Å². The Labute approximate surface area is 332 Å². The summed E-state index contributed by atoms with van der Waals surface area (Å²) in [7, 11) is 0. The number of aliphatic imine (C=N–C) groups is 1. The molecule has 0 fully saturated rings. The number of carbonyl (C=O) groups is 4.